The molecule has 0 saturated heterocycles. The standard InChI is InChI=1S/C28H45N3O5/c1-27(2,3)35-25(32)30(26(33)36-28(4,5)6)16-18-14-20(15-18)31-17-22(24(29-31)19-12-13-19)21-10-8-9-11-23(21)34-7/h17-21,23H,8-16H2,1-7H3. The fourth-order valence-electron chi connectivity index (χ4n) is 5.48. The molecule has 0 spiro atoms. The normalized spacial score (nSPS) is 26.8. The molecule has 3 saturated carbocycles. The molecular weight excluding hydrogens is 458 g/mol. The molecule has 3 aliphatic carbocycles. The predicted octanol–water partition coefficient (Wildman–Crippen LogP) is 6.56. The highest BCUT2D eigenvalue weighted by Gasteiger charge is 2.41. The fraction of sp³-hybridized carbons (Fsp3) is 0.821. The lowest BCUT2D eigenvalue weighted by Crippen LogP contribution is -2.47. The zero-order valence-electron chi connectivity index (χ0n) is 23.2. The van der Waals surface area contributed by atoms with Crippen LogP contribution in [0.4, 0.5) is 9.59 Å². The number of methoxy groups -OCH3 is 1. The molecular formula is C28H45N3O5. The number of carbonyl (C=O) groups is 2. The van der Waals surface area contributed by atoms with Gasteiger partial charge in [-0.25, -0.2) is 14.5 Å². The summed E-state index contributed by atoms with van der Waals surface area (Å²) in [6.45, 7) is 11.1. The van der Waals surface area contributed by atoms with Crippen molar-refractivity contribution in [3.63, 3.8) is 0 Å². The van der Waals surface area contributed by atoms with Crippen LogP contribution >= 0.6 is 0 Å². The Kier molecular flexibility index (Phi) is 7.75. The van der Waals surface area contributed by atoms with E-state index in [1.807, 2.05) is 7.11 Å². The molecule has 36 heavy (non-hydrogen) atoms. The zero-order valence-corrected chi connectivity index (χ0v) is 23.2. The monoisotopic (exact) mass is 503 g/mol. The van der Waals surface area contributed by atoms with Gasteiger partial charge in [0.25, 0.3) is 0 Å². The third-order valence-corrected chi connectivity index (χ3v) is 7.41. The molecule has 1 aromatic heterocycles. The molecule has 4 rings (SSSR count). The molecule has 2 amide bonds. The Balaban J connectivity index is 1.43. The highest BCUT2D eigenvalue weighted by atomic mass is 16.6. The summed E-state index contributed by atoms with van der Waals surface area (Å²) in [5.74, 6) is 1.21. The Hall–Kier alpha value is -2.09. The van der Waals surface area contributed by atoms with E-state index < -0.39 is 23.4 Å². The lowest BCUT2D eigenvalue weighted by atomic mass is 9.79. The van der Waals surface area contributed by atoms with E-state index in [1.165, 1.54) is 36.9 Å². The maximum absolute atomic E-state index is 12.9. The van der Waals surface area contributed by atoms with Crippen LogP contribution in [0.25, 0.3) is 0 Å². The average molecular weight is 504 g/mol. The number of imide groups is 1. The number of amides is 2. The quantitative estimate of drug-likeness (QED) is 0.437. The van der Waals surface area contributed by atoms with Gasteiger partial charge >= 0.3 is 12.2 Å². The van der Waals surface area contributed by atoms with E-state index in [0.29, 0.717) is 11.8 Å². The summed E-state index contributed by atoms with van der Waals surface area (Å²) in [5, 5.41) is 5.08. The summed E-state index contributed by atoms with van der Waals surface area (Å²) < 4.78 is 19.1. The minimum absolute atomic E-state index is 0.188. The molecule has 202 valence electrons. The minimum Gasteiger partial charge on any atom is -0.443 e. The van der Waals surface area contributed by atoms with Gasteiger partial charge in [0.2, 0.25) is 0 Å². The second kappa shape index (κ2) is 10.3. The molecule has 8 nitrogen and oxygen atoms in total. The Labute approximate surface area is 216 Å². The maximum Gasteiger partial charge on any atom is 0.419 e. The van der Waals surface area contributed by atoms with Crippen LogP contribution in [0.15, 0.2) is 6.20 Å². The molecule has 3 fully saturated rings. The lowest BCUT2D eigenvalue weighted by molar-refractivity contribution is -0.00642. The molecule has 0 aliphatic heterocycles. The van der Waals surface area contributed by atoms with Gasteiger partial charge in [-0.1, -0.05) is 12.8 Å². The van der Waals surface area contributed by atoms with Crippen LogP contribution in [-0.4, -0.2) is 57.8 Å². The van der Waals surface area contributed by atoms with E-state index >= 15 is 0 Å². The van der Waals surface area contributed by atoms with Crippen molar-refractivity contribution in [1.82, 2.24) is 14.7 Å². The smallest absolute Gasteiger partial charge is 0.419 e. The molecule has 1 aromatic rings. The van der Waals surface area contributed by atoms with Crippen molar-refractivity contribution in [3.05, 3.63) is 17.5 Å². The molecule has 1 heterocycles. The van der Waals surface area contributed by atoms with Gasteiger partial charge in [0.15, 0.2) is 0 Å². The van der Waals surface area contributed by atoms with Gasteiger partial charge in [0, 0.05) is 31.7 Å². The number of hydrogen-bond donors (Lipinski definition) is 0. The molecule has 0 bridgehead atoms. The summed E-state index contributed by atoms with van der Waals surface area (Å²) in [4.78, 5) is 26.8. The van der Waals surface area contributed by atoms with Crippen molar-refractivity contribution in [1.29, 1.82) is 0 Å². The first kappa shape index (κ1) is 27.0. The molecule has 2 atom stereocenters. The SMILES string of the molecule is COC1CCCCC1c1cn(C2CC(CN(C(=O)OC(C)(C)C)C(=O)OC(C)(C)C)C2)nc1C1CC1. The molecule has 8 heteroatoms. The molecule has 0 aromatic carbocycles. The lowest BCUT2D eigenvalue weighted by Gasteiger charge is -2.38. The summed E-state index contributed by atoms with van der Waals surface area (Å²) in [6.07, 6.45) is 10.2. The third-order valence-electron chi connectivity index (χ3n) is 7.41. The largest absolute Gasteiger partial charge is 0.443 e. The summed E-state index contributed by atoms with van der Waals surface area (Å²) in [7, 11) is 1.84. The van der Waals surface area contributed by atoms with E-state index in [2.05, 4.69) is 10.9 Å². The van der Waals surface area contributed by atoms with Crippen LogP contribution in [0.5, 0.6) is 0 Å². The Bertz CT molecular complexity index is 906. The van der Waals surface area contributed by atoms with E-state index in [-0.39, 0.29) is 24.6 Å². The Morgan fingerprint density at radius 2 is 1.56 bits per heavy atom. The van der Waals surface area contributed by atoms with Gasteiger partial charge in [-0.05, 0) is 91.5 Å². The maximum atomic E-state index is 12.9. The third kappa shape index (κ3) is 6.61. The van der Waals surface area contributed by atoms with Gasteiger partial charge in [-0.15, -0.1) is 0 Å². The van der Waals surface area contributed by atoms with E-state index in [4.69, 9.17) is 19.3 Å². The number of aromatic nitrogens is 2. The van der Waals surface area contributed by atoms with Crippen LogP contribution in [0.2, 0.25) is 0 Å². The van der Waals surface area contributed by atoms with Crippen LogP contribution in [0, 0.1) is 5.92 Å². The van der Waals surface area contributed by atoms with E-state index in [0.717, 1.165) is 30.6 Å². The summed E-state index contributed by atoms with van der Waals surface area (Å²) in [5.41, 5.74) is 1.28. The molecule has 3 aliphatic rings. The van der Waals surface area contributed by atoms with Gasteiger partial charge in [0.1, 0.15) is 11.2 Å². The number of carbonyl (C=O) groups excluding carboxylic acids is 2. The Morgan fingerprint density at radius 1 is 0.972 bits per heavy atom. The number of rotatable bonds is 6. The molecule has 0 N–H and O–H groups in total. The van der Waals surface area contributed by atoms with Crippen molar-refractivity contribution >= 4 is 12.2 Å². The van der Waals surface area contributed by atoms with Crippen molar-refractivity contribution in [3.8, 4) is 0 Å². The zero-order chi connectivity index (χ0) is 26.3. The van der Waals surface area contributed by atoms with Gasteiger partial charge < -0.3 is 14.2 Å². The van der Waals surface area contributed by atoms with E-state index in [1.54, 1.807) is 41.5 Å². The summed E-state index contributed by atoms with van der Waals surface area (Å²) >= 11 is 0. The first-order valence-corrected chi connectivity index (χ1v) is 13.7. The van der Waals surface area contributed by atoms with Gasteiger partial charge in [0.05, 0.1) is 17.8 Å². The second-order valence-electron chi connectivity index (χ2n) is 13.0. The molecule has 2 unspecified atom stereocenters. The van der Waals surface area contributed by atoms with Crippen LogP contribution in [0.3, 0.4) is 0 Å². The first-order chi connectivity index (χ1) is 16.8. The van der Waals surface area contributed by atoms with Crippen LogP contribution < -0.4 is 0 Å². The summed E-state index contributed by atoms with van der Waals surface area (Å²) in [6, 6.07) is 0.282. The van der Waals surface area contributed by atoms with Crippen molar-refractivity contribution in [2.45, 2.75) is 128 Å². The van der Waals surface area contributed by atoms with Crippen molar-refractivity contribution in [2.24, 2.45) is 5.92 Å². The number of ether oxygens (including phenoxy) is 3. The highest BCUT2D eigenvalue weighted by Crippen LogP contribution is 2.47. The van der Waals surface area contributed by atoms with E-state index in [9.17, 15) is 9.59 Å². The highest BCUT2D eigenvalue weighted by molar-refractivity contribution is 5.88. The topological polar surface area (TPSA) is 82.9 Å². The van der Waals surface area contributed by atoms with Crippen LogP contribution in [-0.2, 0) is 14.2 Å². The second-order valence-corrected chi connectivity index (χ2v) is 13.0. The van der Waals surface area contributed by atoms with Crippen molar-refractivity contribution < 1.29 is 23.8 Å². The van der Waals surface area contributed by atoms with Crippen molar-refractivity contribution in [2.75, 3.05) is 13.7 Å². The number of hydrogen-bond acceptors (Lipinski definition) is 6. The van der Waals surface area contributed by atoms with Gasteiger partial charge in [-0.3, -0.25) is 4.68 Å². The predicted molar refractivity (Wildman–Crippen MR) is 137 cm³/mol. The van der Waals surface area contributed by atoms with Gasteiger partial charge in [-0.2, -0.15) is 5.10 Å². The average Bonchev–Trinajstić information content (AvgIpc) is 3.49. The van der Waals surface area contributed by atoms with Crippen LogP contribution in [0.1, 0.15) is 122 Å². The first-order valence-electron chi connectivity index (χ1n) is 13.7. The number of nitrogens with zero attached hydrogens (tertiary/aromatic N) is 3. The fourth-order valence-corrected chi connectivity index (χ4v) is 5.48. The minimum atomic E-state index is -0.691. The Morgan fingerprint density at radius 3 is 2.08 bits per heavy atom. The molecule has 0 radical (unpaired) electrons.